The summed E-state index contributed by atoms with van der Waals surface area (Å²) in [6.45, 7) is 0.250. The number of benzene rings is 1. The minimum absolute atomic E-state index is 0.250. The van der Waals surface area contributed by atoms with Crippen LogP contribution >= 0.6 is 0 Å². The molecule has 3 nitrogen and oxygen atoms in total. The van der Waals surface area contributed by atoms with E-state index in [4.69, 9.17) is 0 Å². The molecule has 0 aromatic heterocycles. The second-order valence-corrected chi connectivity index (χ2v) is 4.18. The molecule has 0 aliphatic heterocycles. The van der Waals surface area contributed by atoms with E-state index in [9.17, 15) is 8.78 Å². The van der Waals surface area contributed by atoms with E-state index in [1.807, 2.05) is 38.0 Å². The highest BCUT2D eigenvalue weighted by Crippen LogP contribution is 2.09. The Bertz CT molecular complexity index is 384. The minimum atomic E-state index is -0.577. The average molecular weight is 241 g/mol. The number of nitrogens with zero attached hydrogens (tertiary/aromatic N) is 3. The summed E-state index contributed by atoms with van der Waals surface area (Å²) in [5, 5.41) is 0. The Hall–Kier alpha value is -1.65. The molecule has 1 rings (SSSR count). The summed E-state index contributed by atoms with van der Waals surface area (Å²) >= 11 is 0. The molecule has 0 radical (unpaired) electrons. The normalized spacial score (nSPS) is 10.0. The van der Waals surface area contributed by atoms with E-state index in [-0.39, 0.29) is 6.54 Å². The second-order valence-electron chi connectivity index (χ2n) is 4.18. The Morgan fingerprint density at radius 2 is 1.47 bits per heavy atom. The van der Waals surface area contributed by atoms with Crippen molar-refractivity contribution in [1.82, 2.24) is 9.80 Å². The average Bonchev–Trinajstić information content (AvgIpc) is 2.14. The quantitative estimate of drug-likeness (QED) is 0.582. The second kappa shape index (κ2) is 5.61. The Balaban J connectivity index is 2.87. The van der Waals surface area contributed by atoms with Crippen LogP contribution in [0.4, 0.5) is 8.78 Å². The lowest BCUT2D eigenvalue weighted by Crippen LogP contribution is -2.35. The van der Waals surface area contributed by atoms with Gasteiger partial charge >= 0.3 is 0 Å². The standard InChI is InChI=1S/C12H17F2N3/c1-16(2)12(17(3)4)15-8-9-5-10(13)7-11(14)6-9/h5-7H,8H2,1-4H3. The van der Waals surface area contributed by atoms with E-state index in [2.05, 4.69) is 4.99 Å². The fourth-order valence-corrected chi connectivity index (χ4v) is 1.55. The molecule has 0 atom stereocenters. The predicted octanol–water partition coefficient (Wildman–Crippen LogP) is 1.94. The van der Waals surface area contributed by atoms with Crippen LogP contribution in [0.1, 0.15) is 5.56 Å². The van der Waals surface area contributed by atoms with Crippen molar-refractivity contribution in [2.45, 2.75) is 6.54 Å². The zero-order valence-corrected chi connectivity index (χ0v) is 10.5. The van der Waals surface area contributed by atoms with Gasteiger partial charge < -0.3 is 9.80 Å². The topological polar surface area (TPSA) is 18.8 Å². The van der Waals surface area contributed by atoms with Gasteiger partial charge in [0, 0.05) is 34.3 Å². The third-order valence-electron chi connectivity index (χ3n) is 2.13. The maximum absolute atomic E-state index is 13.0. The van der Waals surface area contributed by atoms with E-state index in [1.165, 1.54) is 12.1 Å². The minimum Gasteiger partial charge on any atom is -0.349 e. The molecule has 1 aromatic rings. The van der Waals surface area contributed by atoms with Gasteiger partial charge in [0.25, 0.3) is 0 Å². The molecule has 17 heavy (non-hydrogen) atoms. The highest BCUT2D eigenvalue weighted by Gasteiger charge is 2.05. The van der Waals surface area contributed by atoms with Gasteiger partial charge in [0.1, 0.15) is 11.6 Å². The largest absolute Gasteiger partial charge is 0.349 e. The Labute approximate surface area is 100 Å². The number of hydrogen-bond acceptors (Lipinski definition) is 1. The van der Waals surface area contributed by atoms with Gasteiger partial charge in [-0.1, -0.05) is 0 Å². The zero-order chi connectivity index (χ0) is 13.0. The van der Waals surface area contributed by atoms with Gasteiger partial charge in [-0.15, -0.1) is 0 Å². The van der Waals surface area contributed by atoms with Gasteiger partial charge in [-0.2, -0.15) is 0 Å². The lowest BCUT2D eigenvalue weighted by molar-refractivity contribution is 0.479. The van der Waals surface area contributed by atoms with Gasteiger partial charge in [0.05, 0.1) is 6.54 Å². The van der Waals surface area contributed by atoms with Crippen molar-refractivity contribution in [2.24, 2.45) is 4.99 Å². The molecule has 0 aliphatic rings. The first-order valence-electron chi connectivity index (χ1n) is 5.24. The third-order valence-corrected chi connectivity index (χ3v) is 2.13. The zero-order valence-electron chi connectivity index (χ0n) is 10.5. The third kappa shape index (κ3) is 4.01. The molecular weight excluding hydrogens is 224 g/mol. The van der Waals surface area contributed by atoms with E-state index in [0.29, 0.717) is 5.56 Å². The molecule has 0 fully saturated rings. The summed E-state index contributed by atoms with van der Waals surface area (Å²) in [6, 6.07) is 3.43. The Morgan fingerprint density at radius 1 is 1.00 bits per heavy atom. The van der Waals surface area contributed by atoms with Crippen molar-refractivity contribution in [2.75, 3.05) is 28.2 Å². The smallest absolute Gasteiger partial charge is 0.195 e. The van der Waals surface area contributed by atoms with Crippen molar-refractivity contribution in [1.29, 1.82) is 0 Å². The van der Waals surface area contributed by atoms with E-state index in [0.717, 1.165) is 12.0 Å². The van der Waals surface area contributed by atoms with Crippen molar-refractivity contribution in [3.63, 3.8) is 0 Å². The predicted molar refractivity (Wildman–Crippen MR) is 64.9 cm³/mol. The van der Waals surface area contributed by atoms with Crippen LogP contribution in [0.15, 0.2) is 23.2 Å². The number of aliphatic imine (C=N–C) groups is 1. The highest BCUT2D eigenvalue weighted by molar-refractivity contribution is 5.79. The van der Waals surface area contributed by atoms with Gasteiger partial charge in [-0.3, -0.25) is 0 Å². The molecule has 94 valence electrons. The molecule has 0 N–H and O–H groups in total. The van der Waals surface area contributed by atoms with Crippen LogP contribution in [0.3, 0.4) is 0 Å². The van der Waals surface area contributed by atoms with Crippen LogP contribution in [0.5, 0.6) is 0 Å². The molecule has 0 heterocycles. The van der Waals surface area contributed by atoms with Crippen molar-refractivity contribution in [3.05, 3.63) is 35.4 Å². The lowest BCUT2D eigenvalue weighted by Gasteiger charge is -2.22. The number of guanidine groups is 1. The first-order chi connectivity index (χ1) is 7.90. The monoisotopic (exact) mass is 241 g/mol. The van der Waals surface area contributed by atoms with Crippen LogP contribution in [-0.2, 0) is 6.54 Å². The fourth-order valence-electron chi connectivity index (χ4n) is 1.55. The van der Waals surface area contributed by atoms with Gasteiger partial charge in [-0.25, -0.2) is 13.8 Å². The number of halogens is 2. The first-order valence-corrected chi connectivity index (χ1v) is 5.24. The van der Waals surface area contributed by atoms with Crippen molar-refractivity contribution >= 4 is 5.96 Å². The Morgan fingerprint density at radius 3 is 1.88 bits per heavy atom. The molecular formula is C12H17F2N3. The molecule has 5 heteroatoms. The van der Waals surface area contributed by atoms with Crippen LogP contribution in [0.25, 0.3) is 0 Å². The van der Waals surface area contributed by atoms with Crippen LogP contribution in [0.2, 0.25) is 0 Å². The first kappa shape index (κ1) is 13.4. The van der Waals surface area contributed by atoms with Crippen molar-refractivity contribution in [3.8, 4) is 0 Å². The molecule has 0 saturated heterocycles. The molecule has 1 aromatic carbocycles. The summed E-state index contributed by atoms with van der Waals surface area (Å²) in [6.07, 6.45) is 0. The summed E-state index contributed by atoms with van der Waals surface area (Å²) in [5.41, 5.74) is 0.517. The SMILES string of the molecule is CN(C)C(=NCc1cc(F)cc(F)c1)N(C)C. The van der Waals surface area contributed by atoms with Crippen LogP contribution in [-0.4, -0.2) is 44.0 Å². The maximum atomic E-state index is 13.0. The molecule has 0 bridgehead atoms. The summed E-state index contributed by atoms with van der Waals surface area (Å²) in [7, 11) is 7.46. The van der Waals surface area contributed by atoms with E-state index >= 15 is 0 Å². The van der Waals surface area contributed by atoms with Gasteiger partial charge in [0.15, 0.2) is 5.96 Å². The Kier molecular flexibility index (Phi) is 4.43. The van der Waals surface area contributed by atoms with E-state index in [1.54, 1.807) is 0 Å². The summed E-state index contributed by atoms with van der Waals surface area (Å²) < 4.78 is 25.9. The molecule has 0 amide bonds. The van der Waals surface area contributed by atoms with Crippen LogP contribution < -0.4 is 0 Å². The molecule has 0 unspecified atom stereocenters. The molecule has 0 spiro atoms. The van der Waals surface area contributed by atoms with Crippen molar-refractivity contribution < 1.29 is 8.78 Å². The summed E-state index contributed by atoms with van der Waals surface area (Å²) in [4.78, 5) is 8.00. The fraction of sp³-hybridized carbons (Fsp3) is 0.417. The van der Waals surface area contributed by atoms with Gasteiger partial charge in [-0.05, 0) is 17.7 Å². The van der Waals surface area contributed by atoms with E-state index < -0.39 is 11.6 Å². The number of rotatable bonds is 2. The van der Waals surface area contributed by atoms with Gasteiger partial charge in [0.2, 0.25) is 0 Å². The molecule has 0 saturated carbocycles. The van der Waals surface area contributed by atoms with Crippen LogP contribution in [0, 0.1) is 11.6 Å². The summed E-state index contributed by atoms with van der Waals surface area (Å²) in [5.74, 6) is -0.410. The maximum Gasteiger partial charge on any atom is 0.195 e. The highest BCUT2D eigenvalue weighted by atomic mass is 19.1. The molecule has 0 aliphatic carbocycles. The lowest BCUT2D eigenvalue weighted by atomic mass is 10.2. The number of hydrogen-bond donors (Lipinski definition) is 0.